The molecule has 0 radical (unpaired) electrons. The standard InChI is InChI=1S/C25H25ClF2N4O5S/c1-14(33)19-11-31(21-7-15(5-6-18(19)21)13-38(29,36)37)12-23(34)32-10-17(27)8-22(32)25(35)30-9-16-3-2-4-20(26)24(16)28/h2-7,11,17,22H,8-10,12-13H2,1H3,(H,30,35)(H2,29,36,37)/t17-,22+/m1/s1. The van der Waals surface area contributed by atoms with Crippen molar-refractivity contribution in [3.8, 4) is 0 Å². The van der Waals surface area contributed by atoms with E-state index in [-0.39, 0.29) is 42.4 Å². The number of sulfonamides is 1. The van der Waals surface area contributed by atoms with Gasteiger partial charge in [-0.05, 0) is 24.6 Å². The number of benzene rings is 2. The van der Waals surface area contributed by atoms with Crippen molar-refractivity contribution in [1.82, 2.24) is 14.8 Å². The molecule has 2 heterocycles. The number of likely N-dealkylation sites (tertiary alicyclic amines) is 1. The molecule has 2 atom stereocenters. The third-order valence-corrected chi connectivity index (χ3v) is 7.38. The normalized spacial score (nSPS) is 17.7. The van der Waals surface area contributed by atoms with Crippen LogP contribution in [-0.2, 0) is 38.5 Å². The summed E-state index contributed by atoms with van der Waals surface area (Å²) in [5.41, 5.74) is 1.23. The van der Waals surface area contributed by atoms with Gasteiger partial charge in [0.2, 0.25) is 21.8 Å². The molecule has 1 aliphatic rings. The predicted molar refractivity (Wildman–Crippen MR) is 137 cm³/mol. The summed E-state index contributed by atoms with van der Waals surface area (Å²) in [5.74, 6) is -2.61. The highest BCUT2D eigenvalue weighted by molar-refractivity contribution is 7.88. The first-order valence-corrected chi connectivity index (χ1v) is 13.7. The van der Waals surface area contributed by atoms with Gasteiger partial charge in [0.1, 0.15) is 24.6 Å². The van der Waals surface area contributed by atoms with E-state index in [0.29, 0.717) is 22.0 Å². The molecule has 2 amide bonds. The lowest BCUT2D eigenvalue weighted by Crippen LogP contribution is -2.46. The highest BCUT2D eigenvalue weighted by atomic mass is 35.5. The van der Waals surface area contributed by atoms with Crippen LogP contribution in [0.2, 0.25) is 5.02 Å². The number of nitrogens with two attached hydrogens (primary N) is 1. The monoisotopic (exact) mass is 566 g/mol. The summed E-state index contributed by atoms with van der Waals surface area (Å²) >= 11 is 5.77. The third-order valence-electron chi connectivity index (χ3n) is 6.36. The summed E-state index contributed by atoms with van der Waals surface area (Å²) in [6.07, 6.45) is -0.196. The molecule has 1 aromatic heterocycles. The van der Waals surface area contributed by atoms with E-state index in [1.807, 2.05) is 0 Å². The molecule has 0 unspecified atom stereocenters. The number of nitrogens with zero attached hydrogens (tertiary/aromatic N) is 2. The second-order valence-electron chi connectivity index (χ2n) is 9.21. The summed E-state index contributed by atoms with van der Waals surface area (Å²) < 4.78 is 53.1. The number of carbonyl (C=O) groups excluding carboxylic acids is 3. The number of fused-ring (bicyclic) bond motifs is 1. The number of halogens is 3. The van der Waals surface area contributed by atoms with Crippen LogP contribution in [0.4, 0.5) is 8.78 Å². The number of carbonyl (C=O) groups is 3. The summed E-state index contributed by atoms with van der Waals surface area (Å²) in [5, 5.41) is 8.09. The van der Waals surface area contributed by atoms with Crippen LogP contribution in [0.15, 0.2) is 42.6 Å². The average Bonchev–Trinajstić information content (AvgIpc) is 3.39. The van der Waals surface area contributed by atoms with E-state index in [1.54, 1.807) is 6.07 Å². The number of amides is 2. The zero-order valence-corrected chi connectivity index (χ0v) is 21.9. The van der Waals surface area contributed by atoms with Crippen molar-refractivity contribution in [3.05, 3.63) is 70.1 Å². The van der Waals surface area contributed by atoms with E-state index >= 15 is 0 Å². The van der Waals surface area contributed by atoms with E-state index in [4.69, 9.17) is 16.7 Å². The number of rotatable bonds is 8. The van der Waals surface area contributed by atoms with Crippen molar-refractivity contribution in [3.63, 3.8) is 0 Å². The molecule has 0 aliphatic carbocycles. The van der Waals surface area contributed by atoms with Gasteiger partial charge < -0.3 is 14.8 Å². The van der Waals surface area contributed by atoms with Crippen LogP contribution in [0.1, 0.15) is 34.8 Å². The van der Waals surface area contributed by atoms with Crippen LogP contribution in [0.25, 0.3) is 10.9 Å². The van der Waals surface area contributed by atoms with Gasteiger partial charge in [-0.2, -0.15) is 0 Å². The second-order valence-corrected chi connectivity index (χ2v) is 11.2. The predicted octanol–water partition coefficient (Wildman–Crippen LogP) is 2.68. The molecule has 0 spiro atoms. The topological polar surface area (TPSA) is 132 Å². The highest BCUT2D eigenvalue weighted by Crippen LogP contribution is 2.26. The Balaban J connectivity index is 1.56. The van der Waals surface area contributed by atoms with Crippen molar-refractivity contribution in [2.75, 3.05) is 6.54 Å². The molecular weight excluding hydrogens is 542 g/mol. The molecule has 202 valence electrons. The van der Waals surface area contributed by atoms with Crippen LogP contribution < -0.4 is 10.5 Å². The smallest absolute Gasteiger partial charge is 0.243 e. The molecule has 38 heavy (non-hydrogen) atoms. The fraction of sp³-hybridized carbons (Fsp3) is 0.320. The Morgan fingerprint density at radius 2 is 1.95 bits per heavy atom. The number of ketones is 1. The minimum Gasteiger partial charge on any atom is -0.350 e. The molecule has 1 fully saturated rings. The number of alkyl halides is 1. The molecule has 1 aliphatic heterocycles. The lowest BCUT2D eigenvalue weighted by molar-refractivity contribution is -0.139. The van der Waals surface area contributed by atoms with Crippen LogP contribution >= 0.6 is 11.6 Å². The molecule has 3 N–H and O–H groups in total. The molecular formula is C25H25ClF2N4O5S. The molecule has 0 bridgehead atoms. The SMILES string of the molecule is CC(=O)c1cn(CC(=O)N2C[C@H](F)C[C@H]2C(=O)NCc2cccc(Cl)c2F)c2cc(CS(N)(=O)=O)ccc12. The van der Waals surface area contributed by atoms with E-state index in [9.17, 15) is 31.6 Å². The summed E-state index contributed by atoms with van der Waals surface area (Å²) in [7, 11) is -3.83. The fourth-order valence-corrected chi connectivity index (χ4v) is 5.44. The molecule has 0 saturated carbocycles. The lowest BCUT2D eigenvalue weighted by atomic mass is 10.1. The highest BCUT2D eigenvalue weighted by Gasteiger charge is 2.39. The van der Waals surface area contributed by atoms with Crippen molar-refractivity contribution in [1.29, 1.82) is 0 Å². The lowest BCUT2D eigenvalue weighted by Gasteiger charge is -2.24. The van der Waals surface area contributed by atoms with E-state index < -0.39 is 45.6 Å². The Bertz CT molecular complexity index is 1540. The number of Topliss-reactive ketones (excluding diaryl/α,β-unsaturated/α-hetero) is 1. The van der Waals surface area contributed by atoms with Crippen LogP contribution in [0.5, 0.6) is 0 Å². The first-order valence-electron chi connectivity index (χ1n) is 11.6. The van der Waals surface area contributed by atoms with Gasteiger partial charge in [-0.25, -0.2) is 22.3 Å². The number of hydrogen-bond donors (Lipinski definition) is 2. The van der Waals surface area contributed by atoms with Crippen LogP contribution in [-0.4, -0.2) is 54.2 Å². The summed E-state index contributed by atoms with van der Waals surface area (Å²) in [6.45, 7) is 0.522. The number of aromatic nitrogens is 1. The fourth-order valence-electron chi connectivity index (χ4n) is 4.60. The molecule has 4 rings (SSSR count). The molecule has 1 saturated heterocycles. The van der Waals surface area contributed by atoms with Crippen molar-refractivity contribution in [2.45, 2.75) is 44.4 Å². The van der Waals surface area contributed by atoms with Gasteiger partial charge in [-0.15, -0.1) is 0 Å². The number of nitrogens with one attached hydrogen (secondary N) is 1. The first-order chi connectivity index (χ1) is 17.8. The Morgan fingerprint density at radius 1 is 1.21 bits per heavy atom. The van der Waals surface area contributed by atoms with Gasteiger partial charge in [-0.3, -0.25) is 14.4 Å². The third kappa shape index (κ3) is 6.03. The first kappa shape index (κ1) is 27.7. The van der Waals surface area contributed by atoms with Gasteiger partial charge in [0.05, 0.1) is 17.3 Å². The zero-order valence-electron chi connectivity index (χ0n) is 20.3. The Labute approximate surface area is 222 Å². The average molecular weight is 567 g/mol. The summed E-state index contributed by atoms with van der Waals surface area (Å²) in [6, 6.07) is 7.85. The number of hydrogen-bond acceptors (Lipinski definition) is 5. The van der Waals surface area contributed by atoms with Crippen LogP contribution in [0, 0.1) is 5.82 Å². The quantitative estimate of drug-likeness (QED) is 0.405. The van der Waals surface area contributed by atoms with E-state index in [0.717, 1.165) is 4.90 Å². The van der Waals surface area contributed by atoms with Crippen molar-refractivity contribution < 1.29 is 31.6 Å². The molecule has 13 heteroatoms. The molecule has 3 aromatic rings. The van der Waals surface area contributed by atoms with Crippen LogP contribution in [0.3, 0.4) is 0 Å². The summed E-state index contributed by atoms with van der Waals surface area (Å²) in [4.78, 5) is 39.4. The van der Waals surface area contributed by atoms with Gasteiger partial charge in [0.25, 0.3) is 0 Å². The van der Waals surface area contributed by atoms with Gasteiger partial charge in [0.15, 0.2) is 5.78 Å². The van der Waals surface area contributed by atoms with Gasteiger partial charge in [-0.1, -0.05) is 35.9 Å². The Kier molecular flexibility index (Phi) is 7.86. The maximum Gasteiger partial charge on any atom is 0.243 e. The van der Waals surface area contributed by atoms with Crippen molar-refractivity contribution in [2.24, 2.45) is 5.14 Å². The van der Waals surface area contributed by atoms with Gasteiger partial charge in [0, 0.05) is 41.2 Å². The second kappa shape index (κ2) is 10.8. The van der Waals surface area contributed by atoms with Crippen molar-refractivity contribution >= 4 is 50.1 Å². The minimum absolute atomic E-state index is 0.102. The Morgan fingerprint density at radius 3 is 2.63 bits per heavy atom. The van der Waals surface area contributed by atoms with E-state index in [2.05, 4.69) is 5.32 Å². The maximum atomic E-state index is 14.4. The molecule has 9 nitrogen and oxygen atoms in total. The zero-order chi connectivity index (χ0) is 27.8. The Hall–Kier alpha value is -3.35. The number of primary sulfonamides is 1. The van der Waals surface area contributed by atoms with E-state index in [1.165, 1.54) is 48.0 Å². The van der Waals surface area contributed by atoms with Gasteiger partial charge >= 0.3 is 0 Å². The minimum atomic E-state index is -3.83. The molecule has 2 aromatic carbocycles. The largest absolute Gasteiger partial charge is 0.350 e. The maximum absolute atomic E-state index is 14.4.